The van der Waals surface area contributed by atoms with Crippen LogP contribution in [0.5, 0.6) is 0 Å². The third-order valence-electron chi connectivity index (χ3n) is 3.17. The van der Waals surface area contributed by atoms with Gasteiger partial charge in [-0.05, 0) is 35.2 Å². The SMILES string of the molecule is Cn1nnc(Br)c1S(=O)(=O)N1CCCCCC1N=C=O. The fraction of sp³-hybridized carbons (Fsp3) is 0.700. The maximum Gasteiger partial charge on any atom is 0.264 e. The highest BCUT2D eigenvalue weighted by molar-refractivity contribution is 9.10. The summed E-state index contributed by atoms with van der Waals surface area (Å²) < 4.78 is 28.0. The number of hydrogen-bond donors (Lipinski definition) is 0. The molecule has 1 aliphatic rings. The molecule has 0 saturated carbocycles. The van der Waals surface area contributed by atoms with Crippen molar-refractivity contribution in [3.63, 3.8) is 0 Å². The first kappa shape index (κ1) is 15.3. The molecule has 10 heteroatoms. The van der Waals surface area contributed by atoms with Crippen molar-refractivity contribution in [1.82, 2.24) is 19.3 Å². The van der Waals surface area contributed by atoms with Gasteiger partial charge in [-0.2, -0.15) is 9.30 Å². The Morgan fingerprint density at radius 1 is 1.40 bits per heavy atom. The van der Waals surface area contributed by atoms with Crippen molar-refractivity contribution in [1.29, 1.82) is 0 Å². The summed E-state index contributed by atoms with van der Waals surface area (Å²) in [5.41, 5.74) is 0. The Kier molecular flexibility index (Phi) is 4.69. The van der Waals surface area contributed by atoms with Crippen LogP contribution >= 0.6 is 15.9 Å². The molecule has 0 spiro atoms. The van der Waals surface area contributed by atoms with E-state index < -0.39 is 16.2 Å². The number of aliphatic imine (C=N–C) groups is 1. The van der Waals surface area contributed by atoms with E-state index in [1.807, 2.05) is 0 Å². The molecule has 20 heavy (non-hydrogen) atoms. The van der Waals surface area contributed by atoms with Gasteiger partial charge in [-0.15, -0.1) is 5.10 Å². The molecule has 1 aliphatic heterocycles. The summed E-state index contributed by atoms with van der Waals surface area (Å²) in [5, 5.41) is 7.33. The van der Waals surface area contributed by atoms with Crippen LogP contribution in [-0.2, 0) is 21.9 Å². The number of aryl methyl sites for hydroxylation is 1. The quantitative estimate of drug-likeness (QED) is 0.584. The van der Waals surface area contributed by atoms with E-state index in [-0.39, 0.29) is 9.63 Å². The maximum atomic E-state index is 12.7. The van der Waals surface area contributed by atoms with Gasteiger partial charge in [-0.1, -0.05) is 11.6 Å². The molecule has 0 amide bonds. The van der Waals surface area contributed by atoms with Gasteiger partial charge in [0.05, 0.1) is 0 Å². The smallest absolute Gasteiger partial charge is 0.235 e. The molecule has 110 valence electrons. The van der Waals surface area contributed by atoms with Crippen LogP contribution in [0.3, 0.4) is 0 Å². The number of nitrogens with zero attached hydrogens (tertiary/aromatic N) is 5. The third kappa shape index (κ3) is 2.83. The Labute approximate surface area is 125 Å². The summed E-state index contributed by atoms with van der Waals surface area (Å²) in [6.45, 7) is 0.315. The van der Waals surface area contributed by atoms with Crippen LogP contribution in [0.25, 0.3) is 0 Å². The molecular formula is C10H14BrN5O3S. The van der Waals surface area contributed by atoms with Crippen molar-refractivity contribution >= 4 is 32.0 Å². The molecule has 2 rings (SSSR count). The molecule has 0 radical (unpaired) electrons. The van der Waals surface area contributed by atoms with Gasteiger partial charge < -0.3 is 0 Å². The summed E-state index contributed by atoms with van der Waals surface area (Å²) in [6, 6.07) is 0. The van der Waals surface area contributed by atoms with Crippen molar-refractivity contribution in [2.24, 2.45) is 12.0 Å². The van der Waals surface area contributed by atoms with E-state index in [9.17, 15) is 13.2 Å². The van der Waals surface area contributed by atoms with Crippen molar-refractivity contribution < 1.29 is 13.2 Å². The summed E-state index contributed by atoms with van der Waals surface area (Å²) in [7, 11) is -2.32. The number of hydrogen-bond acceptors (Lipinski definition) is 6. The molecule has 8 nitrogen and oxygen atoms in total. The molecule has 0 N–H and O–H groups in total. The minimum atomic E-state index is -3.82. The Balaban J connectivity index is 2.47. The summed E-state index contributed by atoms with van der Waals surface area (Å²) in [5.74, 6) is 0. The van der Waals surface area contributed by atoms with Crippen LogP contribution in [0.2, 0.25) is 0 Å². The largest absolute Gasteiger partial charge is 0.264 e. The van der Waals surface area contributed by atoms with Crippen molar-refractivity contribution in [3.8, 4) is 0 Å². The summed E-state index contributed by atoms with van der Waals surface area (Å²) in [4.78, 5) is 14.2. The van der Waals surface area contributed by atoms with Crippen LogP contribution in [0.15, 0.2) is 14.6 Å². The Morgan fingerprint density at radius 2 is 2.15 bits per heavy atom. The highest BCUT2D eigenvalue weighted by Crippen LogP contribution is 2.28. The third-order valence-corrected chi connectivity index (χ3v) is 5.95. The van der Waals surface area contributed by atoms with E-state index in [4.69, 9.17) is 0 Å². The van der Waals surface area contributed by atoms with Crippen molar-refractivity contribution in [3.05, 3.63) is 4.60 Å². The van der Waals surface area contributed by atoms with Gasteiger partial charge in [0.1, 0.15) is 6.17 Å². The molecule has 1 aromatic heterocycles. The molecule has 2 heterocycles. The van der Waals surface area contributed by atoms with Gasteiger partial charge in [0.2, 0.25) is 11.1 Å². The van der Waals surface area contributed by atoms with Gasteiger partial charge in [-0.3, -0.25) is 0 Å². The highest BCUT2D eigenvalue weighted by Gasteiger charge is 2.36. The molecular weight excluding hydrogens is 350 g/mol. The highest BCUT2D eigenvalue weighted by atomic mass is 79.9. The van der Waals surface area contributed by atoms with Gasteiger partial charge in [0.15, 0.2) is 4.60 Å². The van der Waals surface area contributed by atoms with E-state index in [0.717, 1.165) is 19.3 Å². The number of rotatable bonds is 3. The van der Waals surface area contributed by atoms with E-state index in [0.29, 0.717) is 13.0 Å². The lowest BCUT2D eigenvalue weighted by atomic mass is 10.2. The molecule has 0 aliphatic carbocycles. The zero-order valence-corrected chi connectivity index (χ0v) is 13.3. The number of carbonyl (C=O) groups excluding carboxylic acids is 1. The number of aromatic nitrogens is 3. The molecule has 0 aromatic carbocycles. The predicted molar refractivity (Wildman–Crippen MR) is 73.0 cm³/mol. The van der Waals surface area contributed by atoms with Crippen LogP contribution in [0.1, 0.15) is 25.7 Å². The molecule has 0 bridgehead atoms. The minimum Gasteiger partial charge on any atom is -0.235 e. The second kappa shape index (κ2) is 6.13. The van der Waals surface area contributed by atoms with Gasteiger partial charge >= 0.3 is 0 Å². The summed E-state index contributed by atoms with van der Waals surface area (Å²) >= 11 is 3.09. The molecule has 1 fully saturated rings. The van der Waals surface area contributed by atoms with E-state index in [1.54, 1.807) is 0 Å². The van der Waals surface area contributed by atoms with Crippen LogP contribution in [0.4, 0.5) is 0 Å². The Hall–Kier alpha value is -1.09. The first-order valence-electron chi connectivity index (χ1n) is 6.12. The lowest BCUT2D eigenvalue weighted by Gasteiger charge is -2.24. The lowest BCUT2D eigenvalue weighted by Crippen LogP contribution is -2.39. The van der Waals surface area contributed by atoms with Crippen LogP contribution < -0.4 is 0 Å². The van der Waals surface area contributed by atoms with E-state index >= 15 is 0 Å². The second-order valence-corrected chi connectivity index (χ2v) is 7.03. The van der Waals surface area contributed by atoms with Gasteiger partial charge in [-0.25, -0.2) is 17.9 Å². The topological polar surface area (TPSA) is 97.5 Å². The second-order valence-electron chi connectivity index (χ2n) is 4.48. The average molecular weight is 364 g/mol. The molecule has 1 unspecified atom stereocenters. The van der Waals surface area contributed by atoms with Crippen LogP contribution in [-0.4, -0.2) is 46.5 Å². The first-order valence-corrected chi connectivity index (χ1v) is 8.36. The van der Waals surface area contributed by atoms with E-state index in [1.165, 1.54) is 22.1 Å². The molecule has 1 aromatic rings. The fourth-order valence-corrected chi connectivity index (χ4v) is 4.87. The molecule has 1 saturated heterocycles. The van der Waals surface area contributed by atoms with Gasteiger partial charge in [0.25, 0.3) is 10.0 Å². The monoisotopic (exact) mass is 363 g/mol. The standard InChI is InChI=1S/C10H14BrN5O3S/c1-15-10(9(11)13-14-15)20(18,19)16-6-4-2-3-5-8(16)12-7-17/h8H,2-6H2,1H3. The van der Waals surface area contributed by atoms with Crippen molar-refractivity contribution in [2.45, 2.75) is 36.9 Å². The Bertz CT molecular complexity index is 618. The molecule has 1 atom stereocenters. The average Bonchev–Trinajstić information content (AvgIpc) is 2.61. The zero-order chi connectivity index (χ0) is 14.8. The zero-order valence-electron chi connectivity index (χ0n) is 10.9. The minimum absolute atomic E-state index is 0.0366. The fourth-order valence-electron chi connectivity index (χ4n) is 2.24. The Morgan fingerprint density at radius 3 is 2.75 bits per heavy atom. The maximum absolute atomic E-state index is 12.7. The normalized spacial score (nSPS) is 21.2. The van der Waals surface area contributed by atoms with Crippen molar-refractivity contribution in [2.75, 3.05) is 6.54 Å². The van der Waals surface area contributed by atoms with Crippen LogP contribution in [0, 0.1) is 0 Å². The lowest BCUT2D eigenvalue weighted by molar-refractivity contribution is 0.327. The first-order chi connectivity index (χ1) is 9.48. The number of isocyanates is 1. The number of halogens is 1. The van der Waals surface area contributed by atoms with E-state index in [2.05, 4.69) is 31.2 Å². The summed E-state index contributed by atoms with van der Waals surface area (Å²) in [6.07, 6.45) is 3.73. The predicted octanol–water partition coefficient (Wildman–Crippen LogP) is 0.804. The number of sulfonamides is 1. The van der Waals surface area contributed by atoms with Gasteiger partial charge in [0, 0.05) is 13.6 Å².